The van der Waals surface area contributed by atoms with Crippen LogP contribution in [0.25, 0.3) is 0 Å². The molecule has 2 heterocycles. The highest BCUT2D eigenvalue weighted by atomic mass is 16.5. The molecule has 0 aromatic carbocycles. The zero-order chi connectivity index (χ0) is 12.3. The van der Waals surface area contributed by atoms with E-state index in [0.29, 0.717) is 6.54 Å². The van der Waals surface area contributed by atoms with E-state index in [0.717, 1.165) is 43.8 Å². The quantitative estimate of drug-likeness (QED) is 0.735. The van der Waals surface area contributed by atoms with Gasteiger partial charge in [-0.15, -0.1) is 13.2 Å². The van der Waals surface area contributed by atoms with E-state index in [-0.39, 0.29) is 5.56 Å². The summed E-state index contributed by atoms with van der Waals surface area (Å²) < 4.78 is 6.95. The first-order valence-electron chi connectivity index (χ1n) is 5.92. The third-order valence-corrected chi connectivity index (χ3v) is 3.06. The molecule has 0 amide bonds. The minimum atomic E-state index is 0.000327. The highest BCUT2D eigenvalue weighted by molar-refractivity contribution is 5.17. The maximum atomic E-state index is 12.0. The van der Waals surface area contributed by atoms with Gasteiger partial charge in [0.2, 0.25) is 0 Å². The Kier molecular flexibility index (Phi) is 3.64. The van der Waals surface area contributed by atoms with Crippen LogP contribution < -0.4 is 5.56 Å². The summed E-state index contributed by atoms with van der Waals surface area (Å²) in [6.45, 7) is 10.5. The summed E-state index contributed by atoms with van der Waals surface area (Å²) >= 11 is 0. The van der Waals surface area contributed by atoms with E-state index in [4.69, 9.17) is 4.52 Å². The van der Waals surface area contributed by atoms with Crippen molar-refractivity contribution in [2.45, 2.75) is 19.4 Å². The van der Waals surface area contributed by atoms with Crippen molar-refractivity contribution >= 4 is 0 Å². The van der Waals surface area contributed by atoms with Crippen molar-refractivity contribution < 1.29 is 4.52 Å². The summed E-state index contributed by atoms with van der Waals surface area (Å²) in [5.41, 5.74) is 0.832. The van der Waals surface area contributed by atoms with Gasteiger partial charge < -0.3 is 4.52 Å². The summed E-state index contributed by atoms with van der Waals surface area (Å²) in [7, 11) is 0. The topological polar surface area (TPSA) is 38.4 Å². The number of fused-ring (bicyclic) bond motifs is 1. The number of allylic oxidation sites excluding steroid dienone is 1. The number of nitrogens with zero attached hydrogens (tertiary/aromatic N) is 2. The van der Waals surface area contributed by atoms with Gasteiger partial charge >= 0.3 is 0 Å². The van der Waals surface area contributed by atoms with Crippen LogP contribution in [0.3, 0.4) is 0 Å². The summed E-state index contributed by atoms with van der Waals surface area (Å²) in [4.78, 5) is 14.3. The Morgan fingerprint density at radius 1 is 1.18 bits per heavy atom. The number of hydrogen-bond donors (Lipinski definition) is 0. The van der Waals surface area contributed by atoms with Gasteiger partial charge in [-0.1, -0.05) is 12.2 Å². The van der Waals surface area contributed by atoms with Crippen molar-refractivity contribution in [3.8, 4) is 0 Å². The van der Waals surface area contributed by atoms with Crippen LogP contribution >= 0.6 is 0 Å². The minimum absolute atomic E-state index is 0.000327. The van der Waals surface area contributed by atoms with Gasteiger partial charge in [-0.2, -0.15) is 4.74 Å². The predicted octanol–water partition coefficient (Wildman–Crippen LogP) is 1.21. The molecule has 0 saturated heterocycles. The summed E-state index contributed by atoms with van der Waals surface area (Å²) in [6, 6.07) is 0. The molecule has 0 bridgehead atoms. The third-order valence-electron chi connectivity index (χ3n) is 3.06. The molecule has 0 fully saturated rings. The van der Waals surface area contributed by atoms with Gasteiger partial charge in [0, 0.05) is 26.1 Å². The van der Waals surface area contributed by atoms with E-state index in [9.17, 15) is 4.79 Å². The predicted molar refractivity (Wildman–Crippen MR) is 67.2 cm³/mol. The Balaban J connectivity index is 2.20. The zero-order valence-electron chi connectivity index (χ0n) is 10.0. The zero-order valence-corrected chi connectivity index (χ0v) is 10.0. The molecule has 2 rings (SSSR count). The Bertz CT molecular complexity index is 470. The highest BCUT2D eigenvalue weighted by Gasteiger charge is 2.21. The molecule has 4 nitrogen and oxygen atoms in total. The lowest BCUT2D eigenvalue weighted by molar-refractivity contribution is 0.247. The molecule has 1 aliphatic heterocycles. The summed E-state index contributed by atoms with van der Waals surface area (Å²) in [6.07, 6.45) is 5.12. The van der Waals surface area contributed by atoms with E-state index in [1.807, 2.05) is 6.08 Å². The Hall–Kier alpha value is -1.55. The molecule has 0 saturated carbocycles. The summed E-state index contributed by atoms with van der Waals surface area (Å²) in [5.74, 6) is 0.836. The van der Waals surface area contributed by atoms with Gasteiger partial charge in [0.15, 0.2) is 0 Å². The number of rotatable bonds is 4. The van der Waals surface area contributed by atoms with Crippen molar-refractivity contribution in [2.75, 3.05) is 19.6 Å². The number of hydrogen-bond acceptors (Lipinski definition) is 3. The fourth-order valence-electron chi connectivity index (χ4n) is 2.19. The standard InChI is InChI=1S/C13H18N2O2/c1-3-7-14-9-5-11-12(6-10-14)17-15(8-4-2)13(11)16/h3-4H,1-2,5-10H2. The van der Waals surface area contributed by atoms with E-state index < -0.39 is 0 Å². The molecule has 4 heteroatoms. The van der Waals surface area contributed by atoms with E-state index >= 15 is 0 Å². The molecule has 0 atom stereocenters. The smallest absolute Gasteiger partial charge is 0.286 e. The van der Waals surface area contributed by atoms with Gasteiger partial charge in [0.1, 0.15) is 5.76 Å². The maximum Gasteiger partial charge on any atom is 0.286 e. The molecule has 0 spiro atoms. The molecular weight excluding hydrogens is 216 g/mol. The molecule has 1 aliphatic rings. The third kappa shape index (κ3) is 2.42. The van der Waals surface area contributed by atoms with Crippen LogP contribution in [0.1, 0.15) is 11.3 Å². The second kappa shape index (κ2) is 5.19. The first-order valence-corrected chi connectivity index (χ1v) is 5.92. The fourth-order valence-corrected chi connectivity index (χ4v) is 2.19. The van der Waals surface area contributed by atoms with E-state index in [1.165, 1.54) is 4.74 Å². The molecule has 0 unspecified atom stereocenters. The van der Waals surface area contributed by atoms with Gasteiger partial charge in [-0.05, 0) is 6.42 Å². The molecular formula is C13H18N2O2. The van der Waals surface area contributed by atoms with Gasteiger partial charge in [-0.25, -0.2) is 0 Å². The van der Waals surface area contributed by atoms with Crippen LogP contribution in [0.4, 0.5) is 0 Å². The van der Waals surface area contributed by atoms with Crippen LogP contribution in [-0.4, -0.2) is 29.3 Å². The first-order chi connectivity index (χ1) is 8.26. The van der Waals surface area contributed by atoms with Crippen LogP contribution in [0.2, 0.25) is 0 Å². The Morgan fingerprint density at radius 3 is 2.59 bits per heavy atom. The molecule has 0 N–H and O–H groups in total. The highest BCUT2D eigenvalue weighted by Crippen LogP contribution is 2.13. The molecule has 0 radical (unpaired) electrons. The monoisotopic (exact) mass is 234 g/mol. The molecule has 1 aromatic heterocycles. The fraction of sp³-hybridized carbons (Fsp3) is 0.462. The first kappa shape index (κ1) is 11.9. The van der Waals surface area contributed by atoms with E-state index in [1.54, 1.807) is 6.08 Å². The lowest BCUT2D eigenvalue weighted by Crippen LogP contribution is -2.27. The van der Waals surface area contributed by atoms with Crippen molar-refractivity contribution in [3.05, 3.63) is 47.0 Å². The van der Waals surface area contributed by atoms with Gasteiger partial charge in [-0.3, -0.25) is 9.69 Å². The van der Waals surface area contributed by atoms with Crippen molar-refractivity contribution in [1.29, 1.82) is 0 Å². The largest absolute Gasteiger partial charge is 0.380 e. The molecule has 0 aliphatic carbocycles. The summed E-state index contributed by atoms with van der Waals surface area (Å²) in [5, 5.41) is 0. The molecule has 1 aromatic rings. The molecule has 17 heavy (non-hydrogen) atoms. The van der Waals surface area contributed by atoms with Crippen LogP contribution in [-0.2, 0) is 19.4 Å². The molecule has 92 valence electrons. The van der Waals surface area contributed by atoms with Crippen molar-refractivity contribution in [3.63, 3.8) is 0 Å². The minimum Gasteiger partial charge on any atom is -0.380 e. The SMILES string of the molecule is C=CCN1CCc2on(CC=C)c(=O)c2CC1. The van der Waals surface area contributed by atoms with Crippen molar-refractivity contribution in [1.82, 2.24) is 9.64 Å². The van der Waals surface area contributed by atoms with Gasteiger partial charge in [0.05, 0.1) is 12.1 Å². The van der Waals surface area contributed by atoms with Crippen LogP contribution in [0, 0.1) is 0 Å². The normalized spacial score (nSPS) is 16.2. The maximum absolute atomic E-state index is 12.0. The average molecular weight is 234 g/mol. The second-order valence-corrected chi connectivity index (χ2v) is 4.24. The van der Waals surface area contributed by atoms with Crippen LogP contribution in [0.15, 0.2) is 34.6 Å². The average Bonchev–Trinajstić information content (AvgIpc) is 2.50. The van der Waals surface area contributed by atoms with Crippen molar-refractivity contribution in [2.24, 2.45) is 0 Å². The Labute approximate surface area is 101 Å². The Morgan fingerprint density at radius 2 is 1.88 bits per heavy atom. The van der Waals surface area contributed by atoms with Gasteiger partial charge in [0.25, 0.3) is 5.56 Å². The van der Waals surface area contributed by atoms with Crippen LogP contribution in [0.5, 0.6) is 0 Å². The lowest BCUT2D eigenvalue weighted by atomic mass is 10.2. The second-order valence-electron chi connectivity index (χ2n) is 4.24. The number of aromatic nitrogens is 1. The lowest BCUT2D eigenvalue weighted by Gasteiger charge is -2.16. The van der Waals surface area contributed by atoms with E-state index in [2.05, 4.69) is 18.1 Å².